The van der Waals surface area contributed by atoms with E-state index in [0.717, 1.165) is 38.8 Å². The van der Waals surface area contributed by atoms with E-state index in [1.54, 1.807) is 0 Å². The van der Waals surface area contributed by atoms with E-state index in [1.807, 2.05) is 6.92 Å². The fourth-order valence-corrected chi connectivity index (χ4v) is 3.29. The molecule has 16 heavy (non-hydrogen) atoms. The summed E-state index contributed by atoms with van der Waals surface area (Å²) in [6, 6.07) is 0.415. The van der Waals surface area contributed by atoms with E-state index in [4.69, 9.17) is 0 Å². The largest absolute Gasteiger partial charge is 0.392 e. The molecule has 3 nitrogen and oxygen atoms in total. The molecule has 0 spiro atoms. The Morgan fingerprint density at radius 1 is 1.38 bits per heavy atom. The van der Waals surface area contributed by atoms with Crippen LogP contribution in [0.15, 0.2) is 0 Å². The molecule has 1 saturated heterocycles. The minimum absolute atomic E-state index is 0.263. The zero-order valence-corrected chi connectivity index (χ0v) is 10.2. The number of carbonyl (C=O) groups excluding carboxylic acids is 1. The summed E-state index contributed by atoms with van der Waals surface area (Å²) in [4.78, 5) is 14.2. The second-order valence-electron chi connectivity index (χ2n) is 5.37. The lowest BCUT2D eigenvalue weighted by molar-refractivity contribution is -0.123. The van der Waals surface area contributed by atoms with Crippen molar-refractivity contribution in [2.45, 2.75) is 57.6 Å². The van der Waals surface area contributed by atoms with Crippen molar-refractivity contribution in [2.75, 3.05) is 13.1 Å². The van der Waals surface area contributed by atoms with Crippen molar-refractivity contribution in [1.29, 1.82) is 0 Å². The van der Waals surface area contributed by atoms with Gasteiger partial charge < -0.3 is 5.11 Å². The topological polar surface area (TPSA) is 40.5 Å². The van der Waals surface area contributed by atoms with Gasteiger partial charge >= 0.3 is 0 Å². The number of rotatable bonds is 3. The molecule has 1 saturated carbocycles. The van der Waals surface area contributed by atoms with Crippen LogP contribution in [0.5, 0.6) is 0 Å². The second-order valence-corrected chi connectivity index (χ2v) is 5.37. The van der Waals surface area contributed by atoms with Gasteiger partial charge in [-0.25, -0.2) is 0 Å². The van der Waals surface area contributed by atoms with Crippen LogP contribution in [0, 0.1) is 5.92 Å². The van der Waals surface area contributed by atoms with Crippen molar-refractivity contribution < 1.29 is 9.90 Å². The first-order chi connectivity index (χ1) is 7.68. The Hall–Kier alpha value is -0.410. The Morgan fingerprint density at radius 3 is 2.81 bits per heavy atom. The molecular formula is C13H23NO2. The molecule has 1 aliphatic carbocycles. The highest BCUT2D eigenvalue weighted by atomic mass is 16.3. The molecule has 0 aromatic carbocycles. The number of aliphatic hydroxyl groups is 1. The van der Waals surface area contributed by atoms with Gasteiger partial charge in [-0.1, -0.05) is 6.42 Å². The average molecular weight is 225 g/mol. The van der Waals surface area contributed by atoms with Crippen LogP contribution >= 0.6 is 0 Å². The van der Waals surface area contributed by atoms with Gasteiger partial charge in [0.15, 0.2) is 0 Å². The van der Waals surface area contributed by atoms with Gasteiger partial charge in [0.2, 0.25) is 0 Å². The number of carbonyl (C=O) groups is 1. The highest BCUT2D eigenvalue weighted by Crippen LogP contribution is 2.32. The van der Waals surface area contributed by atoms with Gasteiger partial charge in [0.1, 0.15) is 5.78 Å². The number of β-amino-alcohol motifs (C(OH)–C–C–N with tert-alkyl or cyclic N) is 1. The van der Waals surface area contributed by atoms with E-state index in [0.29, 0.717) is 11.8 Å². The smallest absolute Gasteiger partial charge is 0.137 e. The molecule has 1 N–H and O–H groups in total. The van der Waals surface area contributed by atoms with Gasteiger partial charge in [-0.2, -0.15) is 0 Å². The lowest BCUT2D eigenvalue weighted by Gasteiger charge is -2.39. The Balaban J connectivity index is 2.00. The zero-order chi connectivity index (χ0) is 11.5. The van der Waals surface area contributed by atoms with Crippen molar-refractivity contribution >= 4 is 5.78 Å². The van der Waals surface area contributed by atoms with Gasteiger partial charge in [0, 0.05) is 24.9 Å². The predicted octanol–water partition coefficient (Wildman–Crippen LogP) is 1.59. The SMILES string of the molecule is CC(O)CN1CCCCC1C1CCCC1=O. The van der Waals surface area contributed by atoms with E-state index in [9.17, 15) is 9.90 Å². The van der Waals surface area contributed by atoms with Gasteiger partial charge in [0.25, 0.3) is 0 Å². The fraction of sp³-hybridized carbons (Fsp3) is 0.923. The maximum Gasteiger partial charge on any atom is 0.137 e. The number of piperidine rings is 1. The molecule has 1 aliphatic heterocycles. The van der Waals surface area contributed by atoms with Crippen LogP contribution in [0.2, 0.25) is 0 Å². The molecule has 1 heterocycles. The summed E-state index contributed by atoms with van der Waals surface area (Å²) >= 11 is 0. The maximum atomic E-state index is 11.8. The predicted molar refractivity (Wildman–Crippen MR) is 63.2 cm³/mol. The monoisotopic (exact) mass is 225 g/mol. The second kappa shape index (κ2) is 5.28. The van der Waals surface area contributed by atoms with Gasteiger partial charge in [-0.15, -0.1) is 0 Å². The quantitative estimate of drug-likeness (QED) is 0.793. The van der Waals surface area contributed by atoms with Crippen LogP contribution < -0.4 is 0 Å². The molecule has 2 rings (SSSR count). The summed E-state index contributed by atoms with van der Waals surface area (Å²) in [6.45, 7) is 3.62. The number of hydrogen-bond acceptors (Lipinski definition) is 3. The molecule has 2 aliphatic rings. The summed E-state index contributed by atoms with van der Waals surface area (Å²) in [6.07, 6.45) is 6.24. The molecule has 3 unspecified atom stereocenters. The van der Waals surface area contributed by atoms with Crippen molar-refractivity contribution in [2.24, 2.45) is 5.92 Å². The number of hydrogen-bond donors (Lipinski definition) is 1. The molecule has 0 aromatic rings. The van der Waals surface area contributed by atoms with Gasteiger partial charge in [0.05, 0.1) is 6.10 Å². The lowest BCUT2D eigenvalue weighted by atomic mass is 9.88. The molecule has 0 radical (unpaired) electrons. The van der Waals surface area contributed by atoms with E-state index >= 15 is 0 Å². The molecule has 0 amide bonds. The molecule has 0 aromatic heterocycles. The molecular weight excluding hydrogens is 202 g/mol. The van der Waals surface area contributed by atoms with Crippen LogP contribution in [0.4, 0.5) is 0 Å². The van der Waals surface area contributed by atoms with E-state index in [1.165, 1.54) is 12.8 Å². The summed E-state index contributed by atoms with van der Waals surface area (Å²) in [7, 11) is 0. The summed E-state index contributed by atoms with van der Waals surface area (Å²) < 4.78 is 0. The number of nitrogens with zero attached hydrogens (tertiary/aromatic N) is 1. The minimum atomic E-state index is -0.280. The normalized spacial score (nSPS) is 34.2. The highest BCUT2D eigenvalue weighted by molar-refractivity contribution is 5.83. The van der Waals surface area contributed by atoms with Crippen LogP contribution in [0.1, 0.15) is 45.4 Å². The number of Topliss-reactive ketones (excluding diaryl/α,β-unsaturated/α-hetero) is 1. The molecule has 92 valence electrons. The lowest BCUT2D eigenvalue weighted by Crippen LogP contribution is -2.47. The van der Waals surface area contributed by atoms with Crippen LogP contribution in [-0.2, 0) is 4.79 Å². The molecule has 2 fully saturated rings. The molecule has 0 bridgehead atoms. The first kappa shape index (κ1) is 12.1. The first-order valence-electron chi connectivity index (χ1n) is 6.63. The highest BCUT2D eigenvalue weighted by Gasteiger charge is 2.36. The minimum Gasteiger partial charge on any atom is -0.392 e. The summed E-state index contributed by atoms with van der Waals surface area (Å²) in [5.74, 6) is 0.724. The van der Waals surface area contributed by atoms with Crippen molar-refractivity contribution in [3.8, 4) is 0 Å². The molecule has 3 atom stereocenters. The summed E-state index contributed by atoms with van der Waals surface area (Å²) in [5, 5.41) is 9.50. The number of ketones is 1. The molecule has 3 heteroatoms. The Morgan fingerprint density at radius 2 is 2.19 bits per heavy atom. The van der Waals surface area contributed by atoms with Gasteiger partial charge in [-0.05, 0) is 39.2 Å². The van der Waals surface area contributed by atoms with Crippen molar-refractivity contribution in [3.05, 3.63) is 0 Å². The van der Waals surface area contributed by atoms with Crippen LogP contribution in [0.3, 0.4) is 0 Å². The Labute approximate surface area is 97.8 Å². The Kier molecular flexibility index (Phi) is 3.98. The van der Waals surface area contributed by atoms with E-state index < -0.39 is 0 Å². The number of likely N-dealkylation sites (tertiary alicyclic amines) is 1. The van der Waals surface area contributed by atoms with Crippen LogP contribution in [-0.4, -0.2) is 41.0 Å². The van der Waals surface area contributed by atoms with Gasteiger partial charge in [-0.3, -0.25) is 9.69 Å². The van der Waals surface area contributed by atoms with E-state index in [2.05, 4.69) is 4.90 Å². The van der Waals surface area contributed by atoms with E-state index in [-0.39, 0.29) is 12.0 Å². The summed E-state index contributed by atoms with van der Waals surface area (Å²) in [5.41, 5.74) is 0. The third-order valence-corrected chi connectivity index (χ3v) is 3.98. The number of aliphatic hydroxyl groups excluding tert-OH is 1. The first-order valence-corrected chi connectivity index (χ1v) is 6.63. The van der Waals surface area contributed by atoms with Crippen molar-refractivity contribution in [1.82, 2.24) is 4.90 Å². The standard InChI is InChI=1S/C13H23NO2/c1-10(15)9-14-8-3-2-6-12(14)11-5-4-7-13(11)16/h10-12,15H,2-9H2,1H3. The zero-order valence-electron chi connectivity index (χ0n) is 10.2. The third-order valence-electron chi connectivity index (χ3n) is 3.98. The average Bonchev–Trinajstić information content (AvgIpc) is 2.64. The Bertz CT molecular complexity index is 252. The maximum absolute atomic E-state index is 11.8. The van der Waals surface area contributed by atoms with Crippen LogP contribution in [0.25, 0.3) is 0 Å². The third kappa shape index (κ3) is 2.64. The van der Waals surface area contributed by atoms with Crippen molar-refractivity contribution in [3.63, 3.8) is 0 Å². The fourth-order valence-electron chi connectivity index (χ4n) is 3.29.